The normalized spacial score (nSPS) is 57.1. The van der Waals surface area contributed by atoms with Gasteiger partial charge in [0.05, 0.1) is 17.8 Å². The molecule has 1 spiro atoms. The standard InChI is InChI=1S/C21H34O4/c1-12-14-7-6-13-9-20(14,11-19(13,4)25-5)10-17(23)21(24)15(12)8-16(22)18(21,2)3/h13-17,22-24H,1,6-11H2,2-5H3/t13-,14+,15+,16+,17-,19-,20-,21+/m1/s1. The highest BCUT2D eigenvalue weighted by molar-refractivity contribution is 5.30. The molecule has 0 saturated heterocycles. The molecule has 0 unspecified atom stereocenters. The Hall–Kier alpha value is -0.420. The first-order valence-electron chi connectivity index (χ1n) is 9.84. The van der Waals surface area contributed by atoms with E-state index in [1.807, 2.05) is 13.8 Å². The van der Waals surface area contributed by atoms with Gasteiger partial charge < -0.3 is 20.1 Å². The number of aliphatic hydroxyl groups is 3. The molecule has 4 heteroatoms. The Morgan fingerprint density at radius 2 is 1.72 bits per heavy atom. The molecule has 0 aromatic heterocycles. The Morgan fingerprint density at radius 3 is 2.36 bits per heavy atom. The first kappa shape index (κ1) is 18.0. The molecule has 25 heavy (non-hydrogen) atoms. The van der Waals surface area contributed by atoms with Crippen molar-refractivity contribution in [2.75, 3.05) is 7.11 Å². The molecule has 0 aliphatic heterocycles. The van der Waals surface area contributed by atoms with Crippen LogP contribution in [-0.2, 0) is 4.74 Å². The van der Waals surface area contributed by atoms with Crippen molar-refractivity contribution in [3.05, 3.63) is 12.2 Å². The lowest BCUT2D eigenvalue weighted by molar-refractivity contribution is -0.169. The van der Waals surface area contributed by atoms with E-state index in [0.29, 0.717) is 24.7 Å². The van der Waals surface area contributed by atoms with Crippen LogP contribution in [-0.4, -0.2) is 45.8 Å². The third-order valence-corrected chi connectivity index (χ3v) is 9.09. The van der Waals surface area contributed by atoms with Gasteiger partial charge in [0.1, 0.15) is 5.60 Å². The molecule has 4 aliphatic carbocycles. The summed E-state index contributed by atoms with van der Waals surface area (Å²) in [4.78, 5) is 0. The van der Waals surface area contributed by atoms with E-state index in [4.69, 9.17) is 4.74 Å². The van der Waals surface area contributed by atoms with E-state index in [1.165, 1.54) is 0 Å². The van der Waals surface area contributed by atoms with Crippen LogP contribution in [0.25, 0.3) is 0 Å². The maximum absolute atomic E-state index is 11.7. The second-order valence-corrected chi connectivity index (χ2v) is 10.2. The fraction of sp³-hybridized carbons (Fsp3) is 0.905. The van der Waals surface area contributed by atoms with Crippen LogP contribution in [0.2, 0.25) is 0 Å². The van der Waals surface area contributed by atoms with Crippen LogP contribution in [0.5, 0.6) is 0 Å². The predicted molar refractivity (Wildman–Crippen MR) is 95.9 cm³/mol. The smallest absolute Gasteiger partial charge is 0.105 e. The Labute approximate surface area is 151 Å². The number of aliphatic hydroxyl groups excluding tert-OH is 2. The van der Waals surface area contributed by atoms with Gasteiger partial charge in [-0.1, -0.05) is 26.0 Å². The van der Waals surface area contributed by atoms with E-state index in [9.17, 15) is 15.3 Å². The molecule has 8 atom stereocenters. The van der Waals surface area contributed by atoms with Gasteiger partial charge >= 0.3 is 0 Å². The SMILES string of the molecule is C=C1[C@@H]2CC[C@@H]3C[C@@]2(C[C@@H](O)[C@@]2(O)[C@H]1C[C@H](O)C2(C)C)C[C@@]3(C)OC. The lowest BCUT2D eigenvalue weighted by atomic mass is 9.63. The molecular weight excluding hydrogens is 316 g/mol. The van der Waals surface area contributed by atoms with Crippen LogP contribution in [0.1, 0.15) is 59.3 Å². The van der Waals surface area contributed by atoms with Crippen molar-refractivity contribution in [2.24, 2.45) is 28.6 Å². The Morgan fingerprint density at radius 1 is 1.04 bits per heavy atom. The summed E-state index contributed by atoms with van der Waals surface area (Å²) in [6.07, 6.45) is 3.75. The highest BCUT2D eigenvalue weighted by Gasteiger charge is 2.69. The molecule has 4 aliphatic rings. The van der Waals surface area contributed by atoms with E-state index < -0.39 is 23.2 Å². The van der Waals surface area contributed by atoms with E-state index in [0.717, 1.165) is 31.3 Å². The van der Waals surface area contributed by atoms with Crippen molar-refractivity contribution in [1.29, 1.82) is 0 Å². The molecule has 3 N–H and O–H groups in total. The lowest BCUT2D eigenvalue weighted by Crippen LogP contribution is -2.56. The highest BCUT2D eigenvalue weighted by atomic mass is 16.5. The molecule has 0 amide bonds. The van der Waals surface area contributed by atoms with Gasteiger partial charge in [0.15, 0.2) is 0 Å². The summed E-state index contributed by atoms with van der Waals surface area (Å²) in [7, 11) is 1.80. The van der Waals surface area contributed by atoms with Crippen LogP contribution in [0.15, 0.2) is 12.2 Å². The molecule has 0 heterocycles. The van der Waals surface area contributed by atoms with E-state index >= 15 is 0 Å². The molecular formula is C21H34O4. The van der Waals surface area contributed by atoms with Crippen LogP contribution >= 0.6 is 0 Å². The molecule has 4 nitrogen and oxygen atoms in total. The number of hydrogen-bond acceptors (Lipinski definition) is 4. The fourth-order valence-electron chi connectivity index (χ4n) is 7.38. The quantitative estimate of drug-likeness (QED) is 0.636. The molecule has 4 rings (SSSR count). The number of methoxy groups -OCH3 is 1. The summed E-state index contributed by atoms with van der Waals surface area (Å²) in [5.41, 5.74) is -1.18. The number of fused-ring (bicyclic) bond motifs is 2. The van der Waals surface area contributed by atoms with Crippen LogP contribution in [0, 0.1) is 28.6 Å². The predicted octanol–water partition coefficient (Wildman–Crippen LogP) is 2.66. The van der Waals surface area contributed by atoms with Crippen LogP contribution in [0.3, 0.4) is 0 Å². The van der Waals surface area contributed by atoms with Crippen molar-refractivity contribution < 1.29 is 20.1 Å². The molecule has 142 valence electrons. The largest absolute Gasteiger partial charge is 0.392 e. The number of ether oxygens (including phenoxy) is 1. The van der Waals surface area contributed by atoms with Gasteiger partial charge in [0.2, 0.25) is 0 Å². The number of hydrogen-bond donors (Lipinski definition) is 3. The van der Waals surface area contributed by atoms with Crippen molar-refractivity contribution in [1.82, 2.24) is 0 Å². The average molecular weight is 350 g/mol. The van der Waals surface area contributed by atoms with Gasteiger partial charge in [0.25, 0.3) is 0 Å². The highest BCUT2D eigenvalue weighted by Crippen LogP contribution is 2.69. The molecule has 0 aromatic carbocycles. The summed E-state index contributed by atoms with van der Waals surface area (Å²) < 4.78 is 5.93. The molecule has 4 saturated carbocycles. The maximum atomic E-state index is 11.7. The summed E-state index contributed by atoms with van der Waals surface area (Å²) in [5, 5.41) is 33.5. The second-order valence-electron chi connectivity index (χ2n) is 10.2. The van der Waals surface area contributed by atoms with E-state index in [2.05, 4.69) is 13.5 Å². The zero-order valence-corrected chi connectivity index (χ0v) is 16.1. The summed E-state index contributed by atoms with van der Waals surface area (Å²) in [6.45, 7) is 10.4. The zero-order chi connectivity index (χ0) is 18.4. The molecule has 0 radical (unpaired) electrons. The minimum atomic E-state index is -1.31. The van der Waals surface area contributed by atoms with Crippen LogP contribution in [0.4, 0.5) is 0 Å². The average Bonchev–Trinajstić information content (AvgIpc) is 2.85. The zero-order valence-electron chi connectivity index (χ0n) is 16.1. The Kier molecular flexibility index (Phi) is 3.66. The summed E-state index contributed by atoms with van der Waals surface area (Å²) in [5.74, 6) is 0.582. The van der Waals surface area contributed by atoms with Gasteiger partial charge in [-0.05, 0) is 62.7 Å². The fourth-order valence-corrected chi connectivity index (χ4v) is 7.38. The third-order valence-electron chi connectivity index (χ3n) is 9.09. The van der Waals surface area contributed by atoms with Crippen molar-refractivity contribution in [3.63, 3.8) is 0 Å². The molecule has 0 aromatic rings. The van der Waals surface area contributed by atoms with E-state index in [1.54, 1.807) is 7.11 Å². The summed E-state index contributed by atoms with van der Waals surface area (Å²) in [6, 6.07) is 0. The molecule has 2 bridgehead atoms. The van der Waals surface area contributed by atoms with Gasteiger partial charge in [-0.2, -0.15) is 0 Å². The van der Waals surface area contributed by atoms with Gasteiger partial charge in [-0.25, -0.2) is 0 Å². The minimum absolute atomic E-state index is 0.0364. The molecule has 4 fully saturated rings. The topological polar surface area (TPSA) is 69.9 Å². The van der Waals surface area contributed by atoms with Gasteiger partial charge in [0, 0.05) is 18.4 Å². The lowest BCUT2D eigenvalue weighted by Gasteiger charge is -2.45. The number of rotatable bonds is 1. The second kappa shape index (κ2) is 5.09. The van der Waals surface area contributed by atoms with Gasteiger partial charge in [-0.3, -0.25) is 0 Å². The maximum Gasteiger partial charge on any atom is 0.105 e. The third kappa shape index (κ3) is 1.97. The van der Waals surface area contributed by atoms with Gasteiger partial charge in [-0.15, -0.1) is 0 Å². The first-order valence-corrected chi connectivity index (χ1v) is 9.84. The Bertz CT molecular complexity index is 601. The monoisotopic (exact) mass is 350 g/mol. The summed E-state index contributed by atoms with van der Waals surface area (Å²) >= 11 is 0. The van der Waals surface area contributed by atoms with Crippen molar-refractivity contribution in [2.45, 2.75) is 82.7 Å². The van der Waals surface area contributed by atoms with Crippen molar-refractivity contribution in [3.8, 4) is 0 Å². The van der Waals surface area contributed by atoms with E-state index in [-0.39, 0.29) is 16.9 Å². The van der Waals surface area contributed by atoms with Crippen molar-refractivity contribution >= 4 is 0 Å². The van der Waals surface area contributed by atoms with Crippen LogP contribution < -0.4 is 0 Å². The minimum Gasteiger partial charge on any atom is -0.392 e. The Balaban J connectivity index is 1.80. The first-order chi connectivity index (χ1) is 11.5.